The average molecular weight is 341 g/mol. The van der Waals surface area contributed by atoms with Crippen molar-refractivity contribution in [1.29, 1.82) is 0 Å². The molecule has 120 valence electrons. The zero-order valence-corrected chi connectivity index (χ0v) is 12.3. The van der Waals surface area contributed by atoms with E-state index in [0.29, 0.717) is 5.56 Å². The van der Waals surface area contributed by atoms with Crippen molar-refractivity contribution < 1.29 is 23.1 Å². The van der Waals surface area contributed by atoms with Gasteiger partial charge in [-0.2, -0.15) is 23.3 Å². The van der Waals surface area contributed by atoms with Gasteiger partial charge in [0.15, 0.2) is 0 Å². The van der Waals surface area contributed by atoms with Crippen molar-refractivity contribution >= 4 is 23.0 Å². The highest BCUT2D eigenvalue weighted by molar-refractivity contribution is 7.12. The maximum atomic E-state index is 13.4. The number of hydrogen-bond donors (Lipinski definition) is 1. The normalized spacial score (nSPS) is 21.4. The average Bonchev–Trinajstić information content (AvgIpc) is 3.15. The summed E-state index contributed by atoms with van der Waals surface area (Å²) < 4.78 is 40.1. The Labute approximate surface area is 132 Å². The summed E-state index contributed by atoms with van der Waals surface area (Å²) in [6, 6.07) is 5.96. The first-order valence-electron chi connectivity index (χ1n) is 6.48. The lowest BCUT2D eigenvalue weighted by Crippen LogP contribution is -2.56. The lowest BCUT2D eigenvalue weighted by molar-refractivity contribution is -0.297. The molecule has 1 amide bonds. The molecule has 0 saturated carbocycles. The molecule has 0 aromatic carbocycles. The first-order chi connectivity index (χ1) is 10.8. The topological polar surface area (TPSA) is 65.8 Å². The SMILES string of the molecule is O=C(c1cccs1)N1N=C(c2cccnc2)C[C@@]1(O)C(F)(F)F. The maximum absolute atomic E-state index is 13.4. The van der Waals surface area contributed by atoms with E-state index in [0.717, 1.165) is 11.3 Å². The van der Waals surface area contributed by atoms with E-state index in [1.54, 1.807) is 5.38 Å². The van der Waals surface area contributed by atoms with Crippen LogP contribution in [0.5, 0.6) is 0 Å². The van der Waals surface area contributed by atoms with Crippen molar-refractivity contribution in [2.45, 2.75) is 18.3 Å². The van der Waals surface area contributed by atoms with Crippen molar-refractivity contribution in [1.82, 2.24) is 9.99 Å². The molecule has 5 nitrogen and oxygen atoms in total. The van der Waals surface area contributed by atoms with Crippen LogP contribution in [-0.2, 0) is 0 Å². The zero-order valence-electron chi connectivity index (χ0n) is 11.5. The van der Waals surface area contributed by atoms with Crippen LogP contribution in [0.15, 0.2) is 47.1 Å². The van der Waals surface area contributed by atoms with Gasteiger partial charge in [-0.25, -0.2) is 0 Å². The number of halogens is 3. The van der Waals surface area contributed by atoms with Gasteiger partial charge in [-0.3, -0.25) is 9.78 Å². The number of aliphatic hydroxyl groups is 1. The van der Waals surface area contributed by atoms with Gasteiger partial charge in [-0.15, -0.1) is 11.3 Å². The number of amides is 1. The quantitative estimate of drug-likeness (QED) is 0.913. The third-order valence-electron chi connectivity index (χ3n) is 3.36. The predicted octanol–water partition coefficient (Wildman–Crippen LogP) is 2.64. The Bertz CT molecular complexity index is 746. The molecule has 2 aromatic heterocycles. The van der Waals surface area contributed by atoms with Crippen molar-refractivity contribution in [2.75, 3.05) is 0 Å². The fraction of sp³-hybridized carbons (Fsp3) is 0.214. The van der Waals surface area contributed by atoms with Gasteiger partial charge in [-0.1, -0.05) is 12.1 Å². The van der Waals surface area contributed by atoms with E-state index in [1.165, 1.54) is 36.7 Å². The Morgan fingerprint density at radius 1 is 1.35 bits per heavy atom. The van der Waals surface area contributed by atoms with Gasteiger partial charge in [0.2, 0.25) is 0 Å². The molecule has 1 atom stereocenters. The van der Waals surface area contributed by atoms with Crippen LogP contribution in [0.25, 0.3) is 0 Å². The summed E-state index contributed by atoms with van der Waals surface area (Å²) in [6.45, 7) is 0. The molecule has 0 aliphatic carbocycles. The predicted molar refractivity (Wildman–Crippen MR) is 76.9 cm³/mol. The summed E-state index contributed by atoms with van der Waals surface area (Å²) in [5.41, 5.74) is -3.11. The number of thiophene rings is 1. The van der Waals surface area contributed by atoms with Crippen LogP contribution < -0.4 is 0 Å². The van der Waals surface area contributed by atoms with Crippen LogP contribution in [0, 0.1) is 0 Å². The third-order valence-corrected chi connectivity index (χ3v) is 4.22. The first kappa shape index (κ1) is 15.6. The summed E-state index contributed by atoms with van der Waals surface area (Å²) in [7, 11) is 0. The number of carbonyl (C=O) groups is 1. The fourth-order valence-corrected chi connectivity index (χ4v) is 2.83. The Balaban J connectivity index is 2.04. The summed E-state index contributed by atoms with van der Waals surface area (Å²) in [4.78, 5) is 16.2. The minimum Gasteiger partial charge on any atom is -0.362 e. The molecule has 1 aliphatic rings. The monoisotopic (exact) mass is 341 g/mol. The van der Waals surface area contributed by atoms with E-state index in [-0.39, 0.29) is 15.6 Å². The maximum Gasteiger partial charge on any atom is 0.438 e. The highest BCUT2D eigenvalue weighted by Crippen LogP contribution is 2.42. The van der Waals surface area contributed by atoms with Gasteiger partial charge in [0, 0.05) is 18.0 Å². The molecule has 0 spiro atoms. The number of nitrogens with zero attached hydrogens (tertiary/aromatic N) is 3. The zero-order chi connectivity index (χ0) is 16.7. The van der Waals surface area contributed by atoms with Crippen LogP contribution in [-0.4, -0.2) is 38.6 Å². The lowest BCUT2D eigenvalue weighted by Gasteiger charge is -2.32. The van der Waals surface area contributed by atoms with Gasteiger partial charge in [0.05, 0.1) is 17.0 Å². The number of hydrogen-bond acceptors (Lipinski definition) is 5. The van der Waals surface area contributed by atoms with Crippen molar-refractivity contribution in [3.05, 3.63) is 52.5 Å². The molecule has 0 unspecified atom stereocenters. The standard InChI is InChI=1S/C14H10F3N3O2S/c15-14(16,17)13(22)7-10(9-3-1-5-18-8-9)19-20(13)12(21)11-4-2-6-23-11/h1-6,8,22H,7H2/t13-/m1/s1. The number of rotatable bonds is 2. The van der Waals surface area contributed by atoms with Gasteiger partial charge in [0.1, 0.15) is 0 Å². The van der Waals surface area contributed by atoms with E-state index >= 15 is 0 Å². The van der Waals surface area contributed by atoms with Crippen LogP contribution in [0.4, 0.5) is 13.2 Å². The molecular formula is C14H10F3N3O2S. The Morgan fingerprint density at radius 3 is 2.70 bits per heavy atom. The van der Waals surface area contributed by atoms with Crippen LogP contribution >= 0.6 is 11.3 Å². The molecule has 1 N–H and O–H groups in total. The Morgan fingerprint density at radius 2 is 2.13 bits per heavy atom. The Hall–Kier alpha value is -2.26. The molecule has 3 rings (SSSR count). The number of pyridine rings is 1. The minimum absolute atomic E-state index is 0.0529. The van der Waals surface area contributed by atoms with Crippen molar-refractivity contribution in [3.8, 4) is 0 Å². The summed E-state index contributed by atoms with van der Waals surface area (Å²) in [5, 5.41) is 15.5. The number of aromatic nitrogens is 1. The Kier molecular flexibility index (Phi) is 3.69. The van der Waals surface area contributed by atoms with Gasteiger partial charge in [0.25, 0.3) is 11.6 Å². The highest BCUT2D eigenvalue weighted by atomic mass is 32.1. The second-order valence-corrected chi connectivity index (χ2v) is 5.82. The second kappa shape index (κ2) is 5.43. The minimum atomic E-state index is -5.05. The molecule has 0 saturated heterocycles. The van der Waals surface area contributed by atoms with Crippen LogP contribution in [0.3, 0.4) is 0 Å². The smallest absolute Gasteiger partial charge is 0.362 e. The molecule has 1 aliphatic heterocycles. The molecular weight excluding hydrogens is 331 g/mol. The largest absolute Gasteiger partial charge is 0.438 e. The van der Waals surface area contributed by atoms with Gasteiger partial charge in [-0.05, 0) is 17.5 Å². The van der Waals surface area contributed by atoms with E-state index in [9.17, 15) is 23.1 Å². The molecule has 0 bridgehead atoms. The molecule has 9 heteroatoms. The van der Waals surface area contributed by atoms with E-state index in [1.807, 2.05) is 0 Å². The van der Waals surface area contributed by atoms with Crippen LogP contribution in [0.2, 0.25) is 0 Å². The van der Waals surface area contributed by atoms with Crippen LogP contribution in [0.1, 0.15) is 21.7 Å². The lowest BCUT2D eigenvalue weighted by atomic mass is 10.0. The van der Waals surface area contributed by atoms with Crippen molar-refractivity contribution in [2.24, 2.45) is 5.10 Å². The van der Waals surface area contributed by atoms with E-state index in [4.69, 9.17) is 0 Å². The van der Waals surface area contributed by atoms with E-state index < -0.39 is 24.2 Å². The number of hydrazone groups is 1. The molecule has 0 fully saturated rings. The molecule has 3 heterocycles. The van der Waals surface area contributed by atoms with Gasteiger partial charge < -0.3 is 5.11 Å². The summed E-state index contributed by atoms with van der Waals surface area (Å²) in [6.07, 6.45) is -3.11. The molecule has 0 radical (unpaired) electrons. The fourth-order valence-electron chi connectivity index (χ4n) is 2.18. The summed E-state index contributed by atoms with van der Waals surface area (Å²) in [5.74, 6) is -1.00. The first-order valence-corrected chi connectivity index (χ1v) is 7.36. The number of alkyl halides is 3. The molecule has 2 aromatic rings. The van der Waals surface area contributed by atoms with Crippen molar-refractivity contribution in [3.63, 3.8) is 0 Å². The molecule has 23 heavy (non-hydrogen) atoms. The third kappa shape index (κ3) is 2.62. The highest BCUT2D eigenvalue weighted by Gasteiger charge is 2.63. The van der Waals surface area contributed by atoms with Gasteiger partial charge >= 0.3 is 6.18 Å². The summed E-state index contributed by atoms with van der Waals surface area (Å²) >= 11 is 0.975. The second-order valence-electron chi connectivity index (χ2n) is 4.87. The van der Waals surface area contributed by atoms with E-state index in [2.05, 4.69) is 10.1 Å². The number of carbonyl (C=O) groups excluding carboxylic acids is 1.